The van der Waals surface area contributed by atoms with E-state index in [0.717, 1.165) is 18.5 Å². The molecule has 0 saturated carbocycles. The van der Waals surface area contributed by atoms with Crippen molar-refractivity contribution in [1.29, 1.82) is 0 Å². The Balaban J connectivity index is 1.89. The van der Waals surface area contributed by atoms with Gasteiger partial charge in [-0.05, 0) is 19.8 Å². The SMILES string of the molecule is [CH2]C[CH]CC1NC1C. The molecule has 1 rings (SSSR count). The molecule has 1 fully saturated rings. The molecular weight excluding hydrogens is 98.1 g/mol. The normalized spacial score (nSPS) is 35.2. The van der Waals surface area contributed by atoms with Gasteiger partial charge in [0.05, 0.1) is 0 Å². The summed E-state index contributed by atoms with van der Waals surface area (Å²) in [5.74, 6) is 0. The summed E-state index contributed by atoms with van der Waals surface area (Å²) in [5, 5.41) is 3.31. The summed E-state index contributed by atoms with van der Waals surface area (Å²) in [6, 6.07) is 1.54. The topological polar surface area (TPSA) is 21.9 Å². The first kappa shape index (κ1) is 6.09. The standard InChI is InChI=1S/C7H13N/c1-3-4-5-7-6(2)8-7/h4,6-8H,1,3,5H2,2H3. The maximum atomic E-state index is 3.73. The van der Waals surface area contributed by atoms with Gasteiger partial charge in [0.2, 0.25) is 0 Å². The lowest BCUT2D eigenvalue weighted by molar-refractivity contribution is 0.861. The van der Waals surface area contributed by atoms with E-state index in [1.54, 1.807) is 0 Å². The van der Waals surface area contributed by atoms with Crippen LogP contribution in [0.5, 0.6) is 0 Å². The number of unbranched alkanes of at least 4 members (excludes halogenated alkanes) is 1. The van der Waals surface area contributed by atoms with Crippen LogP contribution in [0.2, 0.25) is 0 Å². The first-order valence-corrected chi connectivity index (χ1v) is 3.21. The van der Waals surface area contributed by atoms with E-state index in [1.165, 1.54) is 6.42 Å². The lowest BCUT2D eigenvalue weighted by Crippen LogP contribution is -1.89. The second-order valence-corrected chi connectivity index (χ2v) is 2.37. The van der Waals surface area contributed by atoms with E-state index in [4.69, 9.17) is 0 Å². The van der Waals surface area contributed by atoms with Crippen molar-refractivity contribution in [1.82, 2.24) is 5.32 Å². The molecule has 1 heteroatoms. The van der Waals surface area contributed by atoms with Gasteiger partial charge in [-0.3, -0.25) is 0 Å². The van der Waals surface area contributed by atoms with Gasteiger partial charge in [-0.1, -0.05) is 13.3 Å². The monoisotopic (exact) mass is 111 g/mol. The quantitative estimate of drug-likeness (QED) is 0.542. The van der Waals surface area contributed by atoms with Crippen LogP contribution < -0.4 is 5.32 Å². The summed E-state index contributed by atoms with van der Waals surface area (Å²) in [7, 11) is 0. The van der Waals surface area contributed by atoms with Crippen LogP contribution in [-0.2, 0) is 0 Å². The molecule has 1 heterocycles. The molecule has 8 heavy (non-hydrogen) atoms. The maximum absolute atomic E-state index is 3.73. The van der Waals surface area contributed by atoms with Crippen LogP contribution in [0.3, 0.4) is 0 Å². The molecule has 1 aliphatic rings. The van der Waals surface area contributed by atoms with E-state index in [-0.39, 0.29) is 0 Å². The molecule has 0 aromatic carbocycles. The Hall–Kier alpha value is -0.0400. The Labute approximate surface area is 51.5 Å². The van der Waals surface area contributed by atoms with Crippen molar-refractivity contribution in [3.05, 3.63) is 13.3 Å². The third kappa shape index (κ3) is 1.48. The van der Waals surface area contributed by atoms with Crippen LogP contribution in [-0.4, -0.2) is 12.1 Å². The average Bonchev–Trinajstić information content (AvgIpc) is 2.42. The Kier molecular flexibility index (Phi) is 1.90. The van der Waals surface area contributed by atoms with Crippen LogP contribution in [0.15, 0.2) is 0 Å². The van der Waals surface area contributed by atoms with E-state index in [9.17, 15) is 0 Å². The molecule has 2 unspecified atom stereocenters. The fourth-order valence-electron chi connectivity index (χ4n) is 0.852. The van der Waals surface area contributed by atoms with Crippen molar-refractivity contribution < 1.29 is 0 Å². The number of rotatable bonds is 3. The molecule has 0 aromatic rings. The Morgan fingerprint density at radius 1 is 1.75 bits per heavy atom. The molecule has 0 aromatic heterocycles. The Morgan fingerprint density at radius 3 is 2.75 bits per heavy atom. The molecule has 46 valence electrons. The second kappa shape index (κ2) is 2.49. The van der Waals surface area contributed by atoms with E-state index in [2.05, 4.69) is 25.6 Å². The number of nitrogens with one attached hydrogen (secondary N) is 1. The fourth-order valence-corrected chi connectivity index (χ4v) is 0.852. The van der Waals surface area contributed by atoms with Crippen LogP contribution in [0.1, 0.15) is 19.8 Å². The molecule has 1 N–H and O–H groups in total. The lowest BCUT2D eigenvalue weighted by atomic mass is 10.2. The van der Waals surface area contributed by atoms with Crippen molar-refractivity contribution >= 4 is 0 Å². The minimum atomic E-state index is 0.762. The highest BCUT2D eigenvalue weighted by molar-refractivity contribution is 4.97. The van der Waals surface area contributed by atoms with Crippen molar-refractivity contribution in [3.63, 3.8) is 0 Å². The summed E-state index contributed by atoms with van der Waals surface area (Å²) >= 11 is 0. The van der Waals surface area contributed by atoms with Crippen molar-refractivity contribution in [2.24, 2.45) is 0 Å². The van der Waals surface area contributed by atoms with Gasteiger partial charge < -0.3 is 5.32 Å². The van der Waals surface area contributed by atoms with Gasteiger partial charge in [0.15, 0.2) is 0 Å². The predicted octanol–water partition coefficient (Wildman–Crippen LogP) is 1.17. The van der Waals surface area contributed by atoms with Gasteiger partial charge >= 0.3 is 0 Å². The third-order valence-electron chi connectivity index (χ3n) is 1.60. The summed E-state index contributed by atoms with van der Waals surface area (Å²) < 4.78 is 0. The molecule has 1 saturated heterocycles. The summed E-state index contributed by atoms with van der Waals surface area (Å²) in [6.07, 6.45) is 4.39. The molecule has 1 aliphatic heterocycles. The highest BCUT2D eigenvalue weighted by Gasteiger charge is 2.29. The van der Waals surface area contributed by atoms with Crippen LogP contribution >= 0.6 is 0 Å². The highest BCUT2D eigenvalue weighted by atomic mass is 15.1. The van der Waals surface area contributed by atoms with Crippen LogP contribution in [0.25, 0.3) is 0 Å². The largest absolute Gasteiger partial charge is 0.308 e. The molecule has 2 radical (unpaired) electrons. The maximum Gasteiger partial charge on any atom is 0.0224 e. The molecule has 0 bridgehead atoms. The summed E-state index contributed by atoms with van der Waals surface area (Å²) in [6.45, 7) is 5.94. The molecule has 0 spiro atoms. The van der Waals surface area contributed by atoms with Gasteiger partial charge in [0.25, 0.3) is 0 Å². The minimum absolute atomic E-state index is 0.762. The molecule has 1 nitrogen and oxygen atoms in total. The average molecular weight is 111 g/mol. The molecular formula is C7H13N. The molecule has 0 amide bonds. The van der Waals surface area contributed by atoms with E-state index < -0.39 is 0 Å². The van der Waals surface area contributed by atoms with Gasteiger partial charge in [-0.15, -0.1) is 0 Å². The van der Waals surface area contributed by atoms with Crippen molar-refractivity contribution in [2.75, 3.05) is 0 Å². The van der Waals surface area contributed by atoms with Gasteiger partial charge in [0.1, 0.15) is 0 Å². The van der Waals surface area contributed by atoms with Gasteiger partial charge in [-0.25, -0.2) is 0 Å². The smallest absolute Gasteiger partial charge is 0.0224 e. The number of hydrogen-bond donors (Lipinski definition) is 1. The number of hydrogen-bond acceptors (Lipinski definition) is 1. The zero-order chi connectivity index (χ0) is 5.98. The second-order valence-electron chi connectivity index (χ2n) is 2.37. The van der Waals surface area contributed by atoms with Crippen LogP contribution in [0, 0.1) is 13.3 Å². The Morgan fingerprint density at radius 2 is 2.38 bits per heavy atom. The predicted molar refractivity (Wildman–Crippen MR) is 35.3 cm³/mol. The summed E-state index contributed by atoms with van der Waals surface area (Å²) in [4.78, 5) is 0. The summed E-state index contributed by atoms with van der Waals surface area (Å²) in [5.41, 5.74) is 0. The zero-order valence-electron chi connectivity index (χ0n) is 5.35. The van der Waals surface area contributed by atoms with Gasteiger partial charge in [-0.2, -0.15) is 0 Å². The Bertz CT molecular complexity index is 70.8. The first-order valence-electron chi connectivity index (χ1n) is 3.21. The molecule has 0 aliphatic carbocycles. The van der Waals surface area contributed by atoms with Crippen molar-refractivity contribution in [2.45, 2.75) is 31.8 Å². The van der Waals surface area contributed by atoms with E-state index in [0.29, 0.717) is 0 Å². The van der Waals surface area contributed by atoms with E-state index >= 15 is 0 Å². The lowest BCUT2D eigenvalue weighted by Gasteiger charge is -1.88. The van der Waals surface area contributed by atoms with E-state index in [1.807, 2.05) is 0 Å². The van der Waals surface area contributed by atoms with Crippen LogP contribution in [0.4, 0.5) is 0 Å². The van der Waals surface area contributed by atoms with Gasteiger partial charge in [0, 0.05) is 12.1 Å². The highest BCUT2D eigenvalue weighted by Crippen LogP contribution is 2.15. The van der Waals surface area contributed by atoms with Crippen molar-refractivity contribution in [3.8, 4) is 0 Å². The third-order valence-corrected chi connectivity index (χ3v) is 1.60. The first-order chi connectivity index (χ1) is 3.84. The minimum Gasteiger partial charge on any atom is -0.308 e. The fraction of sp³-hybridized carbons (Fsp3) is 0.714. The zero-order valence-corrected chi connectivity index (χ0v) is 5.35. The molecule has 2 atom stereocenters.